The van der Waals surface area contributed by atoms with Gasteiger partial charge in [0, 0.05) is 21.7 Å². The quantitative estimate of drug-likeness (QED) is 0.185. The molecule has 0 saturated carbocycles. The number of fused-ring (bicyclic) bond motifs is 14. The van der Waals surface area contributed by atoms with E-state index in [1.54, 1.807) is 0 Å². The highest BCUT2D eigenvalue weighted by molar-refractivity contribution is 6.26. The first-order valence-electron chi connectivity index (χ1n) is 17.9. The van der Waals surface area contributed by atoms with Crippen LogP contribution in [0.4, 0.5) is 0 Å². The predicted octanol–water partition coefficient (Wildman–Crippen LogP) is 11.9. The average Bonchev–Trinajstić information content (AvgIpc) is 3.71. The van der Waals surface area contributed by atoms with Gasteiger partial charge in [-0.25, -0.2) is 9.97 Å². The molecule has 0 saturated heterocycles. The highest BCUT2D eigenvalue weighted by Crippen LogP contribution is 2.62. The van der Waals surface area contributed by atoms with Crippen molar-refractivity contribution >= 4 is 43.5 Å². The second-order valence-electron chi connectivity index (χ2n) is 14.0. The molecule has 8 aromatic carbocycles. The van der Waals surface area contributed by atoms with Crippen molar-refractivity contribution in [2.75, 3.05) is 0 Å². The number of hydrogen-bond acceptors (Lipinski definition) is 2. The van der Waals surface area contributed by atoms with Gasteiger partial charge in [-0.2, -0.15) is 0 Å². The molecule has 240 valence electrons. The number of rotatable bonds is 2. The fraction of sp³-hybridized carbons (Fsp3) is 0.0204. The van der Waals surface area contributed by atoms with Gasteiger partial charge in [0.05, 0.1) is 27.7 Å². The van der Waals surface area contributed by atoms with E-state index >= 15 is 0 Å². The number of aromatic nitrogens is 3. The molecule has 1 spiro atoms. The standard InChI is InChI=1S/C49H29N3/c1-2-15-30(16-3-1)47-34-20-7-12-27-42(34)50-48(51-47)52-43-28-13-8-21-35(43)46-36-22-14-26-41-45(36)37(29-44(46)52)33-19-6-11-25-40(33)49(41)38-23-9-4-17-31(38)32-18-5-10-24-39(32)49/h1-29H. The van der Waals surface area contributed by atoms with E-state index < -0.39 is 5.41 Å². The molecule has 2 aliphatic carbocycles. The van der Waals surface area contributed by atoms with Gasteiger partial charge in [-0.05, 0) is 73.5 Å². The third kappa shape index (κ3) is 3.40. The molecule has 0 fully saturated rings. The Morgan fingerprint density at radius 3 is 1.67 bits per heavy atom. The van der Waals surface area contributed by atoms with E-state index in [0.29, 0.717) is 5.95 Å². The Hall–Kier alpha value is -6.84. The largest absolute Gasteiger partial charge is 0.278 e. The smallest absolute Gasteiger partial charge is 0.235 e. The lowest BCUT2D eigenvalue weighted by Crippen LogP contribution is -2.31. The van der Waals surface area contributed by atoms with Gasteiger partial charge in [0.25, 0.3) is 0 Å². The van der Waals surface area contributed by atoms with E-state index in [4.69, 9.17) is 9.97 Å². The van der Waals surface area contributed by atoms with Crippen LogP contribution in [0.1, 0.15) is 22.3 Å². The maximum atomic E-state index is 5.39. The van der Waals surface area contributed by atoms with Crippen molar-refractivity contribution < 1.29 is 0 Å². The van der Waals surface area contributed by atoms with Gasteiger partial charge in [-0.1, -0.05) is 158 Å². The van der Waals surface area contributed by atoms with Crippen LogP contribution in [0.15, 0.2) is 176 Å². The first-order chi connectivity index (χ1) is 25.8. The Bertz CT molecular complexity index is 3090. The molecule has 0 radical (unpaired) electrons. The third-order valence-corrected chi connectivity index (χ3v) is 11.6. The zero-order valence-electron chi connectivity index (χ0n) is 28.1. The zero-order chi connectivity index (χ0) is 34.0. The SMILES string of the molecule is c1ccc(-c2nc(-n3c4ccccc4c4c5cccc6c5c(cc43)-c3ccccc3C63c4ccccc4-c4ccccc43)nc3ccccc23)cc1. The van der Waals surface area contributed by atoms with Gasteiger partial charge in [-0.15, -0.1) is 0 Å². The first kappa shape index (κ1) is 27.9. The summed E-state index contributed by atoms with van der Waals surface area (Å²) in [5, 5.41) is 6.02. The van der Waals surface area contributed by atoms with E-state index in [9.17, 15) is 0 Å². The minimum atomic E-state index is -0.436. The zero-order valence-corrected chi connectivity index (χ0v) is 28.1. The van der Waals surface area contributed by atoms with E-state index in [1.165, 1.54) is 66.1 Å². The Morgan fingerprint density at radius 2 is 0.942 bits per heavy atom. The van der Waals surface area contributed by atoms with Crippen LogP contribution in [0.5, 0.6) is 0 Å². The molecule has 0 amide bonds. The number of hydrogen-bond donors (Lipinski definition) is 0. The first-order valence-corrected chi connectivity index (χ1v) is 17.9. The Balaban J connectivity index is 1.26. The van der Waals surface area contributed by atoms with Gasteiger partial charge in [0.15, 0.2) is 0 Å². The summed E-state index contributed by atoms with van der Waals surface area (Å²) in [6.45, 7) is 0. The summed E-state index contributed by atoms with van der Waals surface area (Å²) in [6.07, 6.45) is 0. The normalized spacial score (nSPS) is 13.5. The predicted molar refractivity (Wildman–Crippen MR) is 213 cm³/mol. The fourth-order valence-corrected chi connectivity index (χ4v) is 9.67. The van der Waals surface area contributed by atoms with Crippen molar-refractivity contribution in [3.63, 3.8) is 0 Å². The Labute approximate surface area is 300 Å². The number of nitrogens with zero attached hydrogens (tertiary/aromatic N) is 3. The van der Waals surface area contributed by atoms with Crippen molar-refractivity contribution in [2.24, 2.45) is 0 Å². The van der Waals surface area contributed by atoms with Gasteiger partial charge in [0.1, 0.15) is 0 Å². The molecule has 2 aromatic heterocycles. The third-order valence-electron chi connectivity index (χ3n) is 11.6. The molecule has 0 aliphatic heterocycles. The maximum absolute atomic E-state index is 5.39. The average molecular weight is 660 g/mol. The summed E-state index contributed by atoms with van der Waals surface area (Å²) in [4.78, 5) is 10.7. The van der Waals surface area contributed by atoms with E-state index in [-0.39, 0.29) is 0 Å². The Morgan fingerprint density at radius 1 is 0.385 bits per heavy atom. The second kappa shape index (κ2) is 10.1. The molecule has 0 bridgehead atoms. The summed E-state index contributed by atoms with van der Waals surface area (Å²) in [5.41, 5.74) is 15.2. The lowest BCUT2D eigenvalue weighted by molar-refractivity contribution is 0.773. The number of benzene rings is 8. The molecule has 0 unspecified atom stereocenters. The van der Waals surface area contributed by atoms with Crippen LogP contribution in [-0.4, -0.2) is 14.5 Å². The van der Waals surface area contributed by atoms with Crippen LogP contribution in [0, 0.1) is 0 Å². The molecular formula is C49H29N3. The molecule has 52 heavy (non-hydrogen) atoms. The van der Waals surface area contributed by atoms with Crippen molar-refractivity contribution in [1.82, 2.24) is 14.5 Å². The van der Waals surface area contributed by atoms with Crippen molar-refractivity contribution in [1.29, 1.82) is 0 Å². The van der Waals surface area contributed by atoms with Gasteiger partial charge in [-0.3, -0.25) is 4.57 Å². The highest BCUT2D eigenvalue weighted by atomic mass is 15.2. The van der Waals surface area contributed by atoms with Crippen molar-refractivity contribution in [2.45, 2.75) is 5.41 Å². The lowest BCUT2D eigenvalue weighted by Gasteiger charge is -2.40. The summed E-state index contributed by atoms with van der Waals surface area (Å²) < 4.78 is 2.29. The summed E-state index contributed by atoms with van der Waals surface area (Å²) in [6, 6.07) is 64.1. The molecule has 3 nitrogen and oxygen atoms in total. The van der Waals surface area contributed by atoms with Crippen LogP contribution < -0.4 is 0 Å². The van der Waals surface area contributed by atoms with Crippen LogP contribution in [0.25, 0.3) is 82.9 Å². The minimum Gasteiger partial charge on any atom is -0.278 e. The van der Waals surface area contributed by atoms with Gasteiger partial charge >= 0.3 is 0 Å². The van der Waals surface area contributed by atoms with E-state index in [1.807, 2.05) is 0 Å². The Kier molecular flexibility index (Phi) is 5.43. The summed E-state index contributed by atoms with van der Waals surface area (Å²) in [5.74, 6) is 0.672. The van der Waals surface area contributed by atoms with Crippen LogP contribution in [0.2, 0.25) is 0 Å². The van der Waals surface area contributed by atoms with Crippen LogP contribution >= 0.6 is 0 Å². The van der Waals surface area contributed by atoms with Gasteiger partial charge in [0.2, 0.25) is 5.95 Å². The molecular weight excluding hydrogens is 631 g/mol. The molecule has 12 rings (SSSR count). The minimum absolute atomic E-state index is 0.436. The van der Waals surface area contributed by atoms with Crippen LogP contribution in [-0.2, 0) is 5.41 Å². The molecule has 10 aromatic rings. The van der Waals surface area contributed by atoms with Crippen molar-refractivity contribution in [3.8, 4) is 39.5 Å². The monoisotopic (exact) mass is 659 g/mol. The fourth-order valence-electron chi connectivity index (χ4n) is 9.67. The van der Waals surface area contributed by atoms with Crippen LogP contribution in [0.3, 0.4) is 0 Å². The molecule has 2 aliphatic rings. The maximum Gasteiger partial charge on any atom is 0.235 e. The van der Waals surface area contributed by atoms with E-state index in [0.717, 1.165) is 33.2 Å². The summed E-state index contributed by atoms with van der Waals surface area (Å²) >= 11 is 0. The molecule has 0 N–H and O–H groups in total. The lowest BCUT2D eigenvalue weighted by atomic mass is 9.61. The topological polar surface area (TPSA) is 30.7 Å². The highest BCUT2D eigenvalue weighted by Gasteiger charge is 2.50. The van der Waals surface area contributed by atoms with Crippen molar-refractivity contribution in [3.05, 3.63) is 198 Å². The summed E-state index contributed by atoms with van der Waals surface area (Å²) in [7, 11) is 0. The molecule has 3 heteroatoms. The second-order valence-corrected chi connectivity index (χ2v) is 14.0. The van der Waals surface area contributed by atoms with Gasteiger partial charge < -0.3 is 0 Å². The van der Waals surface area contributed by atoms with E-state index in [2.05, 4.69) is 180 Å². The molecule has 0 atom stereocenters. The molecule has 2 heterocycles. The number of para-hydroxylation sites is 2.